The molecule has 29 heavy (non-hydrogen) atoms. The normalized spacial score (nSPS) is 19.8. The van der Waals surface area contributed by atoms with Crippen LogP contribution in [0, 0.1) is 5.92 Å². The summed E-state index contributed by atoms with van der Waals surface area (Å²) in [4.78, 5) is 26.5. The summed E-state index contributed by atoms with van der Waals surface area (Å²) in [6.45, 7) is 2.11. The highest BCUT2D eigenvalue weighted by Gasteiger charge is 2.28. The second-order valence-electron chi connectivity index (χ2n) is 6.60. The van der Waals surface area contributed by atoms with Crippen molar-refractivity contribution in [2.24, 2.45) is 5.92 Å². The van der Waals surface area contributed by atoms with Gasteiger partial charge < -0.3 is 10.1 Å². The molecular formula is C18H17Cl2N5O4. The molecule has 0 saturated carbocycles. The molecule has 0 bridgehead atoms. The molecule has 3 aromatic rings. The average Bonchev–Trinajstić information content (AvgIpc) is 3.00. The Morgan fingerprint density at radius 3 is 2.83 bits per heavy atom. The van der Waals surface area contributed by atoms with Gasteiger partial charge in [0.05, 0.1) is 34.9 Å². The van der Waals surface area contributed by atoms with Crippen molar-refractivity contribution in [2.45, 2.75) is 12.6 Å². The first kappa shape index (κ1) is 19.8. The van der Waals surface area contributed by atoms with Gasteiger partial charge >= 0.3 is 5.76 Å². The highest BCUT2D eigenvalue weighted by Crippen LogP contribution is 2.32. The molecule has 0 spiro atoms. The first-order chi connectivity index (χ1) is 14.0. The maximum absolute atomic E-state index is 12.9. The van der Waals surface area contributed by atoms with Gasteiger partial charge in [-0.2, -0.15) is 5.10 Å². The highest BCUT2D eigenvalue weighted by atomic mass is 35.5. The predicted molar refractivity (Wildman–Crippen MR) is 106 cm³/mol. The summed E-state index contributed by atoms with van der Waals surface area (Å²) in [5.74, 6) is -0.775. The van der Waals surface area contributed by atoms with Gasteiger partial charge in [-0.1, -0.05) is 34.4 Å². The molecule has 0 radical (unpaired) electrons. The van der Waals surface area contributed by atoms with Crippen LogP contribution in [-0.4, -0.2) is 39.6 Å². The van der Waals surface area contributed by atoms with Crippen LogP contribution in [-0.2, 0) is 11.3 Å². The van der Waals surface area contributed by atoms with Crippen LogP contribution in [0.25, 0.3) is 11.4 Å². The summed E-state index contributed by atoms with van der Waals surface area (Å²) in [6, 6.07) is 6.85. The lowest BCUT2D eigenvalue weighted by Gasteiger charge is -2.25. The molecule has 11 heteroatoms. The Morgan fingerprint density at radius 2 is 2.07 bits per heavy atom. The lowest BCUT2D eigenvalue weighted by Crippen LogP contribution is -2.34. The SMILES string of the molecule is O=c1[nH]c(-c2ccnn(CC3CNCCOC3c3ccc(Cl)c(Cl)c3)c2=O)no1. The number of nitrogens with zero attached hydrogens (tertiary/aromatic N) is 3. The summed E-state index contributed by atoms with van der Waals surface area (Å²) in [6.07, 6.45) is 1.17. The standard InChI is InChI=1S/C18H17Cl2N5O4/c19-13-2-1-10(7-14(13)20)15-11(8-21-5-6-28-15)9-25-17(26)12(3-4-22-25)16-23-18(27)29-24-16/h1-4,7,11,15,21H,5-6,8-9H2,(H,23,24,27). The van der Waals surface area contributed by atoms with Crippen molar-refractivity contribution in [2.75, 3.05) is 19.7 Å². The topological polar surface area (TPSA) is 115 Å². The largest absolute Gasteiger partial charge is 0.439 e. The number of halogens is 2. The third-order valence-electron chi connectivity index (χ3n) is 4.70. The predicted octanol–water partition coefficient (Wildman–Crippen LogP) is 1.87. The number of rotatable bonds is 4. The van der Waals surface area contributed by atoms with Crippen molar-refractivity contribution >= 4 is 23.2 Å². The molecule has 0 aliphatic carbocycles. The lowest BCUT2D eigenvalue weighted by molar-refractivity contribution is 0.0238. The minimum atomic E-state index is -0.733. The molecule has 1 fully saturated rings. The Morgan fingerprint density at radius 1 is 1.21 bits per heavy atom. The zero-order valence-electron chi connectivity index (χ0n) is 15.1. The molecule has 2 aromatic heterocycles. The Kier molecular flexibility index (Phi) is 5.81. The second kappa shape index (κ2) is 8.50. The molecule has 2 N–H and O–H groups in total. The van der Waals surface area contributed by atoms with Gasteiger partial charge in [-0.3, -0.25) is 14.3 Å². The highest BCUT2D eigenvalue weighted by molar-refractivity contribution is 6.42. The third kappa shape index (κ3) is 4.27. The van der Waals surface area contributed by atoms with E-state index in [2.05, 4.69) is 25.1 Å². The summed E-state index contributed by atoms with van der Waals surface area (Å²) in [5, 5.41) is 12.0. The van der Waals surface area contributed by atoms with Gasteiger partial charge in [0.2, 0.25) is 0 Å². The van der Waals surface area contributed by atoms with E-state index in [4.69, 9.17) is 27.9 Å². The van der Waals surface area contributed by atoms with Crippen LogP contribution in [0.4, 0.5) is 0 Å². The van der Waals surface area contributed by atoms with Gasteiger partial charge in [-0.25, -0.2) is 9.48 Å². The molecule has 1 aliphatic heterocycles. The van der Waals surface area contributed by atoms with E-state index in [9.17, 15) is 9.59 Å². The van der Waals surface area contributed by atoms with Crippen molar-refractivity contribution in [3.05, 3.63) is 67.0 Å². The van der Waals surface area contributed by atoms with Gasteiger partial charge in [0.25, 0.3) is 5.56 Å². The quantitative estimate of drug-likeness (QED) is 0.639. The molecule has 1 aromatic carbocycles. The molecule has 2 atom stereocenters. The first-order valence-electron chi connectivity index (χ1n) is 8.92. The molecule has 152 valence electrons. The van der Waals surface area contributed by atoms with E-state index in [-0.39, 0.29) is 30.0 Å². The fraction of sp³-hybridized carbons (Fsp3) is 0.333. The fourth-order valence-electron chi connectivity index (χ4n) is 3.34. The Bertz CT molecular complexity index is 1130. The number of hydrogen-bond acceptors (Lipinski definition) is 7. The number of nitrogens with one attached hydrogen (secondary N) is 2. The molecule has 0 amide bonds. The third-order valence-corrected chi connectivity index (χ3v) is 5.44. The Balaban J connectivity index is 1.66. The van der Waals surface area contributed by atoms with E-state index >= 15 is 0 Å². The van der Waals surface area contributed by atoms with Crippen LogP contribution in [0.5, 0.6) is 0 Å². The number of ether oxygens (including phenoxy) is 1. The van der Waals surface area contributed by atoms with Gasteiger partial charge in [-0.05, 0) is 23.8 Å². The van der Waals surface area contributed by atoms with Crippen LogP contribution in [0.2, 0.25) is 10.0 Å². The average molecular weight is 438 g/mol. The maximum Gasteiger partial charge on any atom is 0.439 e. The Hall–Kier alpha value is -2.46. The van der Waals surface area contributed by atoms with Crippen molar-refractivity contribution in [3.8, 4) is 11.4 Å². The lowest BCUT2D eigenvalue weighted by atomic mass is 9.95. The van der Waals surface area contributed by atoms with E-state index < -0.39 is 11.3 Å². The zero-order chi connectivity index (χ0) is 20.4. The van der Waals surface area contributed by atoms with Crippen LogP contribution < -0.4 is 16.6 Å². The summed E-state index contributed by atoms with van der Waals surface area (Å²) < 4.78 is 11.9. The monoisotopic (exact) mass is 437 g/mol. The fourth-order valence-corrected chi connectivity index (χ4v) is 3.64. The number of aromatic amines is 1. The summed E-state index contributed by atoms with van der Waals surface area (Å²) in [5.41, 5.74) is 0.673. The van der Waals surface area contributed by atoms with Crippen LogP contribution >= 0.6 is 23.2 Å². The van der Waals surface area contributed by atoms with Crippen molar-refractivity contribution in [3.63, 3.8) is 0 Å². The number of benzene rings is 1. The minimum Gasteiger partial charge on any atom is -0.372 e. The molecule has 1 saturated heterocycles. The maximum atomic E-state index is 12.9. The van der Waals surface area contributed by atoms with Crippen LogP contribution in [0.1, 0.15) is 11.7 Å². The smallest absolute Gasteiger partial charge is 0.372 e. The molecular weight excluding hydrogens is 421 g/mol. The van der Waals surface area contributed by atoms with Crippen molar-refractivity contribution < 1.29 is 9.26 Å². The van der Waals surface area contributed by atoms with Gasteiger partial charge in [0, 0.05) is 25.2 Å². The Labute approximate surface area is 174 Å². The second-order valence-corrected chi connectivity index (χ2v) is 7.42. The molecule has 1 aliphatic rings. The molecule has 3 heterocycles. The van der Waals surface area contributed by atoms with E-state index in [1.807, 2.05) is 6.07 Å². The number of aromatic nitrogens is 4. The van der Waals surface area contributed by atoms with E-state index in [0.29, 0.717) is 29.7 Å². The van der Waals surface area contributed by atoms with Crippen molar-refractivity contribution in [1.29, 1.82) is 0 Å². The van der Waals surface area contributed by atoms with Crippen molar-refractivity contribution in [1.82, 2.24) is 25.2 Å². The van der Waals surface area contributed by atoms with E-state index in [1.54, 1.807) is 12.1 Å². The van der Waals surface area contributed by atoms with E-state index in [0.717, 1.165) is 5.56 Å². The number of H-pyrrole nitrogens is 1. The van der Waals surface area contributed by atoms with Gasteiger partial charge in [0.15, 0.2) is 5.82 Å². The molecule has 2 unspecified atom stereocenters. The summed E-state index contributed by atoms with van der Waals surface area (Å²) in [7, 11) is 0. The molecule has 9 nitrogen and oxygen atoms in total. The minimum absolute atomic E-state index is 0.0624. The van der Waals surface area contributed by atoms with Crippen LogP contribution in [0.3, 0.4) is 0 Å². The van der Waals surface area contributed by atoms with Gasteiger partial charge in [-0.15, -0.1) is 0 Å². The zero-order valence-corrected chi connectivity index (χ0v) is 16.6. The number of hydrogen-bond donors (Lipinski definition) is 2. The van der Waals surface area contributed by atoms with Gasteiger partial charge in [0.1, 0.15) is 0 Å². The first-order valence-corrected chi connectivity index (χ1v) is 9.68. The van der Waals surface area contributed by atoms with E-state index in [1.165, 1.54) is 16.9 Å². The summed E-state index contributed by atoms with van der Waals surface area (Å²) >= 11 is 12.2. The van der Waals surface area contributed by atoms with Crippen LogP contribution in [0.15, 0.2) is 44.6 Å². The molecule has 4 rings (SSSR count).